The summed E-state index contributed by atoms with van der Waals surface area (Å²) in [6, 6.07) is 16.1. The van der Waals surface area contributed by atoms with Gasteiger partial charge in [-0.25, -0.2) is 10.2 Å². The molecule has 518 valence electrons. The molecule has 6 amide bonds. The summed E-state index contributed by atoms with van der Waals surface area (Å²) in [7, 11) is 3.41. The monoisotopic (exact) mass is 1370 g/mol. The average Bonchev–Trinajstić information content (AvgIpc) is 1.14. The maximum absolute atomic E-state index is 13.5. The number of cyclic esters (lactones) is 1. The van der Waals surface area contributed by atoms with Gasteiger partial charge in [-0.05, 0) is 149 Å². The summed E-state index contributed by atoms with van der Waals surface area (Å²) < 4.78 is 20.3. The van der Waals surface area contributed by atoms with Gasteiger partial charge in [0.05, 0.1) is 51.3 Å². The Bertz CT molecular complexity index is 3550. The molecule has 0 spiro atoms. The van der Waals surface area contributed by atoms with Gasteiger partial charge in [0.15, 0.2) is 12.2 Å². The summed E-state index contributed by atoms with van der Waals surface area (Å²) in [4.78, 5) is 133. The van der Waals surface area contributed by atoms with Gasteiger partial charge in [0, 0.05) is 44.5 Å². The van der Waals surface area contributed by atoms with Crippen LogP contribution in [0.4, 0.5) is 4.79 Å². The number of pyridine rings is 2. The van der Waals surface area contributed by atoms with Crippen LogP contribution in [0.1, 0.15) is 164 Å². The topological polar surface area (TPSA) is 265 Å². The van der Waals surface area contributed by atoms with E-state index in [4.69, 9.17) is 63.7 Å². The first-order chi connectivity index (χ1) is 44.2. The fraction of sp³-hybridized carbons (Fsp3) is 0.557. The number of amides is 6. The van der Waals surface area contributed by atoms with E-state index in [2.05, 4.69) is 16.1 Å². The van der Waals surface area contributed by atoms with E-state index in [1.54, 1.807) is 99.5 Å². The summed E-state index contributed by atoms with van der Waals surface area (Å²) in [5, 5.41) is 8.65. The van der Waals surface area contributed by atoms with E-state index >= 15 is 0 Å². The number of esters is 3. The van der Waals surface area contributed by atoms with Crippen LogP contribution in [0.5, 0.6) is 0 Å². The third-order valence-corrected chi connectivity index (χ3v) is 17.1. The van der Waals surface area contributed by atoms with Gasteiger partial charge in [-0.2, -0.15) is 0 Å². The minimum absolute atomic E-state index is 0.0971. The number of hydrogen-bond donors (Lipinski definition) is 3. The van der Waals surface area contributed by atoms with Crippen LogP contribution in [-0.4, -0.2) is 163 Å². The van der Waals surface area contributed by atoms with Gasteiger partial charge in [-0.15, -0.1) is 0 Å². The van der Waals surface area contributed by atoms with Crippen LogP contribution in [0.3, 0.4) is 0 Å². The number of likely N-dealkylation sites (N-methyl/N-ethyl adjacent to an activating group) is 1. The molecule has 2 saturated heterocycles. The molecule has 3 aliphatic rings. The van der Waals surface area contributed by atoms with Gasteiger partial charge >= 0.3 is 24.0 Å². The zero-order valence-electron chi connectivity index (χ0n) is 57.6. The van der Waals surface area contributed by atoms with Crippen molar-refractivity contribution in [3.63, 3.8) is 0 Å². The summed E-state index contributed by atoms with van der Waals surface area (Å²) >= 11 is 17.1. The largest absolute Gasteiger partial charge is 0.461 e. The van der Waals surface area contributed by atoms with Crippen LogP contribution < -0.4 is 16.1 Å². The van der Waals surface area contributed by atoms with E-state index in [9.17, 15) is 43.2 Å². The molecular formula is C70H94Cl3N9O13. The Balaban J connectivity index is 0.000000312. The number of likely N-dealkylation sites (tertiary alicyclic amines) is 1. The van der Waals surface area contributed by atoms with Crippen molar-refractivity contribution in [2.24, 2.45) is 28.6 Å². The second-order valence-corrected chi connectivity index (χ2v) is 30.2. The molecule has 5 heterocycles. The molecule has 0 aliphatic carbocycles. The van der Waals surface area contributed by atoms with Gasteiger partial charge in [0.1, 0.15) is 30.3 Å². The van der Waals surface area contributed by atoms with Crippen molar-refractivity contribution in [2.45, 2.75) is 181 Å². The molecular weight excluding hydrogens is 1280 g/mol. The number of benzene rings is 2. The van der Waals surface area contributed by atoms with Crippen LogP contribution in [0.15, 0.2) is 72.8 Å². The number of piperidine rings is 1. The lowest BCUT2D eigenvalue weighted by atomic mass is 9.91. The number of nitrogens with zero attached hydrogens (tertiary/aromatic N) is 6. The molecule has 3 aliphatic heterocycles. The lowest BCUT2D eigenvalue weighted by Gasteiger charge is -2.37. The fourth-order valence-corrected chi connectivity index (χ4v) is 10.7. The van der Waals surface area contributed by atoms with Gasteiger partial charge in [-0.1, -0.05) is 123 Å². The molecule has 3 N–H and O–H groups in total. The highest BCUT2D eigenvalue weighted by Gasteiger charge is 2.40. The molecule has 7 rings (SSSR count). The zero-order valence-corrected chi connectivity index (χ0v) is 59.9. The zero-order chi connectivity index (χ0) is 70.8. The first-order valence-corrected chi connectivity index (χ1v) is 33.3. The first-order valence-electron chi connectivity index (χ1n) is 32.2. The maximum atomic E-state index is 13.5. The van der Waals surface area contributed by atoms with E-state index in [1.165, 1.54) is 21.7 Å². The molecule has 4 aromatic rings. The van der Waals surface area contributed by atoms with E-state index in [0.717, 1.165) is 33.1 Å². The number of hydrazine groups is 1. The minimum atomic E-state index is -1.75. The molecule has 0 radical (unpaired) electrons. The molecule has 0 saturated carbocycles. The Morgan fingerprint density at radius 3 is 2.12 bits per heavy atom. The Labute approximate surface area is 572 Å². The van der Waals surface area contributed by atoms with Gasteiger partial charge < -0.3 is 44.3 Å². The number of carbonyl (C=O) groups excluding carboxylic acids is 9. The van der Waals surface area contributed by atoms with Crippen molar-refractivity contribution < 1.29 is 62.1 Å². The molecule has 2 aromatic carbocycles. The lowest BCUT2D eigenvalue weighted by Crippen LogP contribution is -2.61. The number of nitrogens with one attached hydrogen (secondary N) is 3. The van der Waals surface area contributed by atoms with Crippen molar-refractivity contribution in [3.05, 3.63) is 95.3 Å². The Kier molecular flexibility index (Phi) is 25.9. The highest BCUT2D eigenvalue weighted by Crippen LogP contribution is 2.31. The molecule has 95 heavy (non-hydrogen) atoms. The molecule has 25 heteroatoms. The van der Waals surface area contributed by atoms with Crippen molar-refractivity contribution in [2.75, 3.05) is 40.3 Å². The Morgan fingerprint density at radius 2 is 1.47 bits per heavy atom. The molecule has 22 nitrogen and oxygen atoms in total. The minimum Gasteiger partial charge on any atom is -0.461 e. The smallest absolute Gasteiger partial charge is 0.410 e. The van der Waals surface area contributed by atoms with Crippen molar-refractivity contribution in [1.29, 1.82) is 0 Å². The van der Waals surface area contributed by atoms with Crippen LogP contribution in [0, 0.1) is 28.6 Å². The molecule has 2 fully saturated rings. The number of hydrogen-bond acceptors (Lipinski definition) is 16. The summed E-state index contributed by atoms with van der Waals surface area (Å²) in [5.41, 5.74) is 4.83. The molecule has 8 atom stereocenters. The number of carbonyl (C=O) groups is 9. The second-order valence-electron chi connectivity index (χ2n) is 27.6. The molecule has 0 unspecified atom stereocenters. The SMILES string of the molecule is CC(C)[C@@H]1OC(=O)C(C)(C)/C=C/c2ccc3ccc(nc3c2)[C@@H](C)N(C)C(=O)[C@@H]2CCCN(N2)C(=O)[C@H](C)NC1=O.CC(C)[C@H](OC(=O)C(C)(C)/C=C/c1ccc2ccc([C@@H](C)N(C)C(=O)OC(C)(C)C)nc2c1)C(=O)N[C@@H](C)C(=O)N1CCC[C@@H](C(=O)OCC(Cl)(Cl)Cl)C1. The summed E-state index contributed by atoms with van der Waals surface area (Å²) in [6.45, 7) is 26.7. The average molecular weight is 1380 g/mol. The van der Waals surface area contributed by atoms with E-state index in [1.807, 2.05) is 101 Å². The summed E-state index contributed by atoms with van der Waals surface area (Å²) in [6.07, 6.45) is 6.63. The number of rotatable bonds is 13. The first kappa shape index (κ1) is 76.6. The molecule has 5 bridgehead atoms. The fourth-order valence-electron chi connectivity index (χ4n) is 10.5. The van der Waals surface area contributed by atoms with Crippen LogP contribution in [0.25, 0.3) is 34.0 Å². The number of fused-ring (bicyclic) bond motifs is 5. The Morgan fingerprint density at radius 1 is 0.842 bits per heavy atom. The normalized spacial score (nSPS) is 21.5. The van der Waals surface area contributed by atoms with Crippen molar-refractivity contribution in [3.8, 4) is 0 Å². The predicted octanol–water partition coefficient (Wildman–Crippen LogP) is 10.8. The maximum Gasteiger partial charge on any atom is 0.410 e. The third-order valence-electron chi connectivity index (χ3n) is 16.8. The number of halogens is 3. The standard InChI is InChI=1S/C39H53Cl3N4O8.C31H41N5O5/c1-23(2)31(32(47)43-24(3)33(48)46-19-11-12-28(21-46)34(49)52-22-39(40,41)42)53-35(50)38(8,9)18-17-26-13-14-27-15-16-29(44-30(27)20-26)25(4)45(10)36(51)54-37(5,6)7;1-18(2)26-27(37)32-19(3)28(38)36-16-8-9-24(34-36)29(39)35(7)20(4)23-13-12-22-11-10-21(17-25(22)33-23)14-15-31(5,6)30(40)41-26/h13-18,20,23-25,28,31H,11-12,19,21-22H2,1-10H3,(H,43,47);10-15,17-20,24,26,34H,8-9,16H2,1-7H3,(H,32,37)/b18-17+;15-14+/t24-,25+,28+,31-;19-,20+,24-,26-/m00/s1. The number of ether oxygens (including phenoxy) is 4. The van der Waals surface area contributed by atoms with E-state index in [-0.39, 0.29) is 42.3 Å². The van der Waals surface area contributed by atoms with E-state index < -0.39 is 105 Å². The van der Waals surface area contributed by atoms with Crippen LogP contribution >= 0.6 is 34.8 Å². The van der Waals surface area contributed by atoms with Crippen molar-refractivity contribution >= 4 is 122 Å². The van der Waals surface area contributed by atoms with Gasteiger partial charge in [-0.3, -0.25) is 53.3 Å². The number of alkyl halides is 3. The van der Waals surface area contributed by atoms with Crippen LogP contribution in [0.2, 0.25) is 0 Å². The number of aromatic nitrogens is 2. The highest BCUT2D eigenvalue weighted by molar-refractivity contribution is 6.67. The lowest BCUT2D eigenvalue weighted by molar-refractivity contribution is -0.165. The molecule has 2 aromatic heterocycles. The Hall–Kier alpha value is -7.40. The van der Waals surface area contributed by atoms with Crippen LogP contribution in [-0.2, 0) is 57.3 Å². The van der Waals surface area contributed by atoms with Crippen molar-refractivity contribution in [1.82, 2.24) is 45.7 Å². The van der Waals surface area contributed by atoms with E-state index in [0.29, 0.717) is 50.0 Å². The summed E-state index contributed by atoms with van der Waals surface area (Å²) in [5.74, 6) is -5.14. The quantitative estimate of drug-likeness (QED) is 0.0638. The van der Waals surface area contributed by atoms with Gasteiger partial charge in [0.2, 0.25) is 15.6 Å². The predicted molar refractivity (Wildman–Crippen MR) is 366 cm³/mol. The van der Waals surface area contributed by atoms with Gasteiger partial charge in [0.25, 0.3) is 17.7 Å². The third kappa shape index (κ3) is 21.0. The second kappa shape index (κ2) is 32.1. The highest BCUT2D eigenvalue weighted by atomic mass is 35.6.